The summed E-state index contributed by atoms with van der Waals surface area (Å²) < 4.78 is 13.1. The molecule has 0 saturated carbocycles. The number of halogens is 1. The lowest BCUT2D eigenvalue weighted by atomic mass is 10.1. The van der Waals surface area contributed by atoms with Crippen molar-refractivity contribution in [1.82, 2.24) is 4.90 Å². The van der Waals surface area contributed by atoms with Crippen molar-refractivity contribution >= 4 is 29.2 Å². The maximum absolute atomic E-state index is 13.1. The van der Waals surface area contributed by atoms with E-state index in [-0.39, 0.29) is 6.54 Å². The first-order chi connectivity index (χ1) is 12.9. The number of carbonyl (C=O) groups excluding carboxylic acids is 3. The van der Waals surface area contributed by atoms with E-state index in [9.17, 15) is 18.8 Å². The molecule has 0 bridgehead atoms. The fourth-order valence-corrected chi connectivity index (χ4v) is 3.09. The Morgan fingerprint density at radius 3 is 2.44 bits per heavy atom. The normalized spacial score (nSPS) is 16.8. The van der Waals surface area contributed by atoms with E-state index in [1.54, 1.807) is 19.1 Å². The molecule has 2 aromatic rings. The van der Waals surface area contributed by atoms with E-state index in [0.717, 1.165) is 16.9 Å². The van der Waals surface area contributed by atoms with E-state index in [1.165, 1.54) is 29.2 Å². The van der Waals surface area contributed by atoms with Gasteiger partial charge in [0.1, 0.15) is 18.4 Å². The van der Waals surface area contributed by atoms with E-state index in [1.807, 2.05) is 19.1 Å². The summed E-state index contributed by atoms with van der Waals surface area (Å²) in [5.74, 6) is -1.36. The van der Waals surface area contributed by atoms with Crippen LogP contribution < -0.4 is 10.2 Å². The third kappa shape index (κ3) is 3.67. The predicted molar refractivity (Wildman–Crippen MR) is 99.9 cm³/mol. The van der Waals surface area contributed by atoms with Crippen molar-refractivity contribution in [2.45, 2.75) is 26.3 Å². The molecule has 0 radical (unpaired) electrons. The number of para-hydroxylation sites is 1. The molecule has 0 aliphatic carbocycles. The smallest absolute Gasteiger partial charge is 0.324 e. The van der Waals surface area contributed by atoms with Gasteiger partial charge < -0.3 is 5.32 Å². The van der Waals surface area contributed by atoms with Gasteiger partial charge in [-0.25, -0.2) is 9.18 Å². The number of nitrogens with one attached hydrogen (secondary N) is 1. The van der Waals surface area contributed by atoms with Gasteiger partial charge in [-0.2, -0.15) is 0 Å². The number of nitrogens with zero attached hydrogens (tertiary/aromatic N) is 2. The van der Waals surface area contributed by atoms with E-state index in [4.69, 9.17) is 0 Å². The minimum Gasteiger partial charge on any atom is -0.324 e. The number of amides is 4. The van der Waals surface area contributed by atoms with Gasteiger partial charge in [-0.15, -0.1) is 0 Å². The van der Waals surface area contributed by atoms with Gasteiger partial charge >= 0.3 is 6.03 Å². The molecule has 2 aromatic carbocycles. The summed E-state index contributed by atoms with van der Waals surface area (Å²) in [5, 5.41) is 2.75. The highest BCUT2D eigenvalue weighted by atomic mass is 19.1. The van der Waals surface area contributed by atoms with Crippen molar-refractivity contribution in [3.63, 3.8) is 0 Å². The number of hydrogen-bond donors (Lipinski definition) is 1. The van der Waals surface area contributed by atoms with Gasteiger partial charge in [-0.1, -0.05) is 25.1 Å². The Morgan fingerprint density at radius 2 is 1.78 bits per heavy atom. The molecule has 1 N–H and O–H groups in total. The standard InChI is InChI=1S/C20H20FN3O3/c1-3-14-6-4-5-7-17(14)22-18(25)12-23-19(26)13(2)24(20(23)27)16-10-8-15(21)9-11-16/h4-11,13H,3,12H2,1-2H3,(H,22,25). The Kier molecular flexibility index (Phi) is 5.21. The Labute approximate surface area is 156 Å². The Morgan fingerprint density at radius 1 is 1.11 bits per heavy atom. The predicted octanol–water partition coefficient (Wildman–Crippen LogP) is 3.18. The van der Waals surface area contributed by atoms with Crippen molar-refractivity contribution in [3.05, 3.63) is 59.9 Å². The van der Waals surface area contributed by atoms with Gasteiger partial charge in [0.25, 0.3) is 5.91 Å². The van der Waals surface area contributed by atoms with Gasteiger partial charge in [0.05, 0.1) is 0 Å². The number of hydrogen-bond acceptors (Lipinski definition) is 3. The summed E-state index contributed by atoms with van der Waals surface area (Å²) in [7, 11) is 0. The van der Waals surface area contributed by atoms with E-state index < -0.39 is 29.7 Å². The highest BCUT2D eigenvalue weighted by Gasteiger charge is 2.44. The molecule has 4 amide bonds. The maximum Gasteiger partial charge on any atom is 0.332 e. The van der Waals surface area contributed by atoms with Crippen LogP contribution in [0.15, 0.2) is 48.5 Å². The Bertz CT molecular complexity index is 882. The van der Waals surface area contributed by atoms with Crippen molar-refractivity contribution in [2.24, 2.45) is 0 Å². The Balaban J connectivity index is 1.75. The highest BCUT2D eigenvalue weighted by Crippen LogP contribution is 2.26. The molecule has 0 spiro atoms. The molecule has 1 aliphatic rings. The minimum absolute atomic E-state index is 0.377. The zero-order valence-corrected chi connectivity index (χ0v) is 15.1. The fraction of sp³-hybridized carbons (Fsp3) is 0.250. The molecule has 27 heavy (non-hydrogen) atoms. The third-order valence-electron chi connectivity index (χ3n) is 4.53. The Hall–Kier alpha value is -3.22. The lowest BCUT2D eigenvalue weighted by Gasteiger charge is -2.19. The summed E-state index contributed by atoms with van der Waals surface area (Å²) in [6.45, 7) is 3.17. The van der Waals surface area contributed by atoms with E-state index in [2.05, 4.69) is 5.32 Å². The zero-order chi connectivity index (χ0) is 19.6. The van der Waals surface area contributed by atoms with Gasteiger partial charge in [0.2, 0.25) is 5.91 Å². The third-order valence-corrected chi connectivity index (χ3v) is 4.53. The van der Waals surface area contributed by atoms with Gasteiger partial charge in [-0.3, -0.25) is 19.4 Å². The van der Waals surface area contributed by atoms with E-state index >= 15 is 0 Å². The molecule has 1 atom stereocenters. The largest absolute Gasteiger partial charge is 0.332 e. The van der Waals surface area contributed by atoms with Crippen LogP contribution in [0.2, 0.25) is 0 Å². The second-order valence-electron chi connectivity index (χ2n) is 6.29. The second kappa shape index (κ2) is 7.57. The van der Waals surface area contributed by atoms with Crippen LogP contribution in [0.1, 0.15) is 19.4 Å². The molecular weight excluding hydrogens is 349 g/mol. The van der Waals surface area contributed by atoms with Crippen LogP contribution in [-0.2, 0) is 16.0 Å². The first-order valence-corrected chi connectivity index (χ1v) is 8.70. The average molecular weight is 369 g/mol. The quantitative estimate of drug-likeness (QED) is 0.823. The topological polar surface area (TPSA) is 69.7 Å². The summed E-state index contributed by atoms with van der Waals surface area (Å²) in [6.07, 6.45) is 0.743. The van der Waals surface area contributed by atoms with Crippen LogP contribution in [-0.4, -0.2) is 35.3 Å². The van der Waals surface area contributed by atoms with Crippen molar-refractivity contribution in [1.29, 1.82) is 0 Å². The van der Waals surface area contributed by atoms with Crippen LogP contribution in [0.3, 0.4) is 0 Å². The van der Waals surface area contributed by atoms with Crippen molar-refractivity contribution < 1.29 is 18.8 Å². The second-order valence-corrected chi connectivity index (χ2v) is 6.29. The summed E-state index contributed by atoms with van der Waals surface area (Å²) in [4.78, 5) is 39.7. The van der Waals surface area contributed by atoms with Crippen LogP contribution in [0, 0.1) is 5.82 Å². The number of benzene rings is 2. The maximum atomic E-state index is 13.1. The van der Waals surface area contributed by atoms with Crippen LogP contribution in [0.4, 0.5) is 20.6 Å². The molecule has 7 heteroatoms. The molecular formula is C20H20FN3O3. The molecule has 0 aromatic heterocycles. The molecule has 140 valence electrons. The summed E-state index contributed by atoms with van der Waals surface area (Å²) in [5.41, 5.74) is 2.03. The molecule has 1 heterocycles. The summed E-state index contributed by atoms with van der Waals surface area (Å²) in [6, 6.07) is 11.3. The molecule has 1 aliphatic heterocycles. The number of urea groups is 1. The lowest BCUT2D eigenvalue weighted by molar-refractivity contribution is -0.130. The average Bonchev–Trinajstić information content (AvgIpc) is 2.86. The molecule has 1 fully saturated rings. The van der Waals surface area contributed by atoms with Crippen molar-refractivity contribution in [3.8, 4) is 0 Å². The summed E-state index contributed by atoms with van der Waals surface area (Å²) >= 11 is 0. The van der Waals surface area contributed by atoms with Gasteiger partial charge in [0.15, 0.2) is 0 Å². The van der Waals surface area contributed by atoms with Gasteiger partial charge in [-0.05, 0) is 49.2 Å². The van der Waals surface area contributed by atoms with E-state index in [0.29, 0.717) is 11.4 Å². The van der Waals surface area contributed by atoms with Crippen molar-refractivity contribution in [2.75, 3.05) is 16.8 Å². The number of anilines is 2. The number of carbonyl (C=O) groups is 3. The first kappa shape index (κ1) is 18.6. The number of imide groups is 1. The molecule has 6 nitrogen and oxygen atoms in total. The fourth-order valence-electron chi connectivity index (χ4n) is 3.09. The lowest BCUT2D eigenvalue weighted by Crippen LogP contribution is -2.39. The zero-order valence-electron chi connectivity index (χ0n) is 15.1. The van der Waals surface area contributed by atoms with Crippen LogP contribution in [0.5, 0.6) is 0 Å². The van der Waals surface area contributed by atoms with Crippen LogP contribution in [0.25, 0.3) is 0 Å². The van der Waals surface area contributed by atoms with Crippen LogP contribution >= 0.6 is 0 Å². The molecule has 1 unspecified atom stereocenters. The highest BCUT2D eigenvalue weighted by molar-refractivity contribution is 6.16. The number of rotatable bonds is 5. The van der Waals surface area contributed by atoms with Gasteiger partial charge in [0, 0.05) is 11.4 Å². The number of aryl methyl sites for hydroxylation is 1. The monoisotopic (exact) mass is 369 g/mol. The SMILES string of the molecule is CCc1ccccc1NC(=O)CN1C(=O)C(C)N(c2ccc(F)cc2)C1=O. The molecule has 1 saturated heterocycles. The first-order valence-electron chi connectivity index (χ1n) is 8.70. The molecule has 3 rings (SSSR count). The minimum atomic E-state index is -0.765.